The SMILES string of the molecule is Cc1cc(CNC(=O)[C@@H](C)N)cc(C)c1F. The number of nitrogens with two attached hydrogens (primary N) is 1. The van der Waals surface area contributed by atoms with E-state index in [1.54, 1.807) is 32.9 Å². The van der Waals surface area contributed by atoms with Gasteiger partial charge in [-0.15, -0.1) is 0 Å². The average Bonchev–Trinajstić information content (AvgIpc) is 2.22. The molecule has 88 valence electrons. The van der Waals surface area contributed by atoms with Gasteiger partial charge in [0.2, 0.25) is 5.91 Å². The van der Waals surface area contributed by atoms with Crippen LogP contribution in [0, 0.1) is 19.7 Å². The molecule has 0 aromatic heterocycles. The van der Waals surface area contributed by atoms with Crippen LogP contribution in [0.1, 0.15) is 23.6 Å². The molecule has 1 aromatic carbocycles. The lowest BCUT2D eigenvalue weighted by Crippen LogP contribution is -2.37. The second-order valence-corrected chi connectivity index (χ2v) is 4.05. The molecular weight excluding hydrogens is 207 g/mol. The number of hydrogen-bond donors (Lipinski definition) is 2. The fraction of sp³-hybridized carbons (Fsp3) is 0.417. The van der Waals surface area contributed by atoms with E-state index in [1.165, 1.54) is 0 Å². The Morgan fingerprint density at radius 1 is 1.44 bits per heavy atom. The number of carbonyl (C=O) groups is 1. The summed E-state index contributed by atoms with van der Waals surface area (Å²) in [4.78, 5) is 11.2. The van der Waals surface area contributed by atoms with Crippen molar-refractivity contribution in [1.82, 2.24) is 5.32 Å². The Hall–Kier alpha value is -1.42. The lowest BCUT2D eigenvalue weighted by Gasteiger charge is -2.10. The third-order valence-corrected chi connectivity index (χ3v) is 2.38. The highest BCUT2D eigenvalue weighted by atomic mass is 19.1. The van der Waals surface area contributed by atoms with Crippen molar-refractivity contribution in [1.29, 1.82) is 0 Å². The van der Waals surface area contributed by atoms with Gasteiger partial charge in [-0.2, -0.15) is 0 Å². The van der Waals surface area contributed by atoms with Gasteiger partial charge >= 0.3 is 0 Å². The van der Waals surface area contributed by atoms with E-state index in [1.807, 2.05) is 0 Å². The molecule has 3 N–H and O–H groups in total. The van der Waals surface area contributed by atoms with Crippen molar-refractivity contribution < 1.29 is 9.18 Å². The van der Waals surface area contributed by atoms with E-state index >= 15 is 0 Å². The number of halogens is 1. The van der Waals surface area contributed by atoms with Crippen LogP contribution in [0.2, 0.25) is 0 Å². The van der Waals surface area contributed by atoms with Gasteiger partial charge in [0.25, 0.3) is 0 Å². The van der Waals surface area contributed by atoms with Crippen LogP contribution >= 0.6 is 0 Å². The summed E-state index contributed by atoms with van der Waals surface area (Å²) < 4.78 is 13.3. The Labute approximate surface area is 94.8 Å². The van der Waals surface area contributed by atoms with Crippen LogP contribution in [0.15, 0.2) is 12.1 Å². The molecule has 0 saturated carbocycles. The molecule has 0 spiro atoms. The maximum Gasteiger partial charge on any atom is 0.236 e. The fourth-order valence-corrected chi connectivity index (χ4v) is 1.49. The summed E-state index contributed by atoms with van der Waals surface area (Å²) in [6, 6.07) is 2.93. The second kappa shape index (κ2) is 5.07. The van der Waals surface area contributed by atoms with Gasteiger partial charge in [0.1, 0.15) is 5.82 Å². The van der Waals surface area contributed by atoms with E-state index < -0.39 is 6.04 Å². The van der Waals surface area contributed by atoms with Crippen molar-refractivity contribution >= 4 is 5.91 Å². The largest absolute Gasteiger partial charge is 0.351 e. The first-order valence-electron chi connectivity index (χ1n) is 5.20. The van der Waals surface area contributed by atoms with Crippen LogP contribution in [-0.2, 0) is 11.3 Å². The molecule has 16 heavy (non-hydrogen) atoms. The highest BCUT2D eigenvalue weighted by Crippen LogP contribution is 2.14. The molecule has 0 fully saturated rings. The van der Waals surface area contributed by atoms with Crippen LogP contribution in [0.25, 0.3) is 0 Å². The van der Waals surface area contributed by atoms with Gasteiger partial charge < -0.3 is 11.1 Å². The number of carbonyl (C=O) groups excluding carboxylic acids is 1. The summed E-state index contributed by atoms with van der Waals surface area (Å²) in [5.74, 6) is -0.401. The van der Waals surface area contributed by atoms with Crippen molar-refractivity contribution in [3.63, 3.8) is 0 Å². The van der Waals surface area contributed by atoms with E-state index in [9.17, 15) is 9.18 Å². The van der Waals surface area contributed by atoms with E-state index in [0.717, 1.165) is 5.56 Å². The topological polar surface area (TPSA) is 55.1 Å². The predicted octanol–water partition coefficient (Wildman–Crippen LogP) is 1.41. The highest BCUT2D eigenvalue weighted by Gasteiger charge is 2.08. The van der Waals surface area contributed by atoms with Crippen molar-refractivity contribution in [2.24, 2.45) is 5.73 Å². The van der Waals surface area contributed by atoms with Gasteiger partial charge in [0.05, 0.1) is 6.04 Å². The van der Waals surface area contributed by atoms with Crippen molar-refractivity contribution in [3.05, 3.63) is 34.6 Å². The molecule has 1 aromatic rings. The standard InChI is InChI=1S/C12H17FN2O/c1-7-4-10(5-8(2)11(7)13)6-15-12(16)9(3)14/h4-5,9H,6,14H2,1-3H3,(H,15,16)/t9-/m1/s1. The summed E-state index contributed by atoms with van der Waals surface area (Å²) in [5.41, 5.74) is 7.47. The van der Waals surface area contributed by atoms with Crippen LogP contribution in [0.4, 0.5) is 4.39 Å². The molecule has 0 aliphatic carbocycles. The number of aryl methyl sites for hydroxylation is 2. The Morgan fingerprint density at radius 3 is 2.38 bits per heavy atom. The normalized spacial score (nSPS) is 12.3. The minimum absolute atomic E-state index is 0.192. The van der Waals surface area contributed by atoms with E-state index in [-0.39, 0.29) is 11.7 Å². The van der Waals surface area contributed by atoms with Gasteiger partial charge in [-0.3, -0.25) is 4.79 Å². The summed E-state index contributed by atoms with van der Waals surface area (Å²) in [6.45, 7) is 5.41. The first-order valence-corrected chi connectivity index (χ1v) is 5.20. The lowest BCUT2D eigenvalue weighted by atomic mass is 10.1. The van der Waals surface area contributed by atoms with E-state index in [4.69, 9.17) is 5.73 Å². The third kappa shape index (κ3) is 3.03. The maximum atomic E-state index is 13.3. The molecule has 4 heteroatoms. The Morgan fingerprint density at radius 2 is 1.94 bits per heavy atom. The molecule has 0 saturated heterocycles. The number of nitrogens with one attached hydrogen (secondary N) is 1. The summed E-state index contributed by atoms with van der Waals surface area (Å²) >= 11 is 0. The molecule has 0 bridgehead atoms. The Balaban J connectivity index is 2.72. The molecule has 1 rings (SSSR count). The predicted molar refractivity (Wildman–Crippen MR) is 61.4 cm³/mol. The van der Waals surface area contributed by atoms with Gasteiger partial charge in [-0.1, -0.05) is 12.1 Å². The smallest absolute Gasteiger partial charge is 0.236 e. The minimum atomic E-state index is -0.525. The molecule has 0 radical (unpaired) electrons. The molecule has 1 atom stereocenters. The van der Waals surface area contributed by atoms with Gasteiger partial charge in [-0.25, -0.2) is 4.39 Å². The van der Waals surface area contributed by atoms with Crippen LogP contribution in [0.3, 0.4) is 0 Å². The Kier molecular flexibility index (Phi) is 4.01. The zero-order chi connectivity index (χ0) is 12.3. The number of hydrogen-bond acceptors (Lipinski definition) is 2. The fourth-order valence-electron chi connectivity index (χ4n) is 1.49. The van der Waals surface area contributed by atoms with Crippen molar-refractivity contribution in [3.8, 4) is 0 Å². The molecule has 0 heterocycles. The second-order valence-electron chi connectivity index (χ2n) is 4.05. The first-order chi connectivity index (χ1) is 7.41. The lowest BCUT2D eigenvalue weighted by molar-refractivity contribution is -0.122. The highest BCUT2D eigenvalue weighted by molar-refractivity contribution is 5.80. The molecule has 0 aliphatic rings. The first kappa shape index (κ1) is 12.6. The monoisotopic (exact) mass is 224 g/mol. The van der Waals surface area contributed by atoms with Crippen LogP contribution in [-0.4, -0.2) is 11.9 Å². The maximum absolute atomic E-state index is 13.3. The zero-order valence-electron chi connectivity index (χ0n) is 9.80. The number of rotatable bonds is 3. The molecule has 0 unspecified atom stereocenters. The number of amides is 1. The molecule has 3 nitrogen and oxygen atoms in total. The quantitative estimate of drug-likeness (QED) is 0.815. The Bertz CT molecular complexity index is 379. The van der Waals surface area contributed by atoms with E-state index in [2.05, 4.69) is 5.32 Å². The molecule has 1 amide bonds. The van der Waals surface area contributed by atoms with Crippen molar-refractivity contribution in [2.75, 3.05) is 0 Å². The number of benzene rings is 1. The summed E-state index contributed by atoms with van der Waals surface area (Å²) in [5, 5.41) is 2.69. The zero-order valence-corrected chi connectivity index (χ0v) is 9.80. The van der Waals surface area contributed by atoms with Crippen LogP contribution < -0.4 is 11.1 Å². The van der Waals surface area contributed by atoms with Gasteiger partial charge in [0, 0.05) is 6.54 Å². The summed E-state index contributed by atoms with van der Waals surface area (Å²) in [6.07, 6.45) is 0. The molecule has 0 aliphatic heterocycles. The third-order valence-electron chi connectivity index (χ3n) is 2.38. The van der Waals surface area contributed by atoms with E-state index in [0.29, 0.717) is 17.7 Å². The average molecular weight is 224 g/mol. The molecular formula is C12H17FN2O. The van der Waals surface area contributed by atoms with Crippen molar-refractivity contribution in [2.45, 2.75) is 33.4 Å². The van der Waals surface area contributed by atoms with Gasteiger partial charge in [-0.05, 0) is 37.5 Å². The van der Waals surface area contributed by atoms with Gasteiger partial charge in [0.15, 0.2) is 0 Å². The minimum Gasteiger partial charge on any atom is -0.351 e. The summed E-state index contributed by atoms with van der Waals surface area (Å²) in [7, 11) is 0. The van der Waals surface area contributed by atoms with Crippen LogP contribution in [0.5, 0.6) is 0 Å².